The van der Waals surface area contributed by atoms with Gasteiger partial charge in [0.15, 0.2) is 12.4 Å². The molecule has 2 aromatic heterocycles. The number of fused-ring (bicyclic) bond motifs is 1. The predicted octanol–water partition coefficient (Wildman–Crippen LogP) is 2.64. The molecule has 0 amide bonds. The highest BCUT2D eigenvalue weighted by Gasteiger charge is 2.21. The van der Waals surface area contributed by atoms with Crippen LogP contribution in [0.2, 0.25) is 0 Å². The monoisotopic (exact) mass is 342 g/mol. The Labute approximate surface area is 141 Å². The van der Waals surface area contributed by atoms with E-state index < -0.39 is 5.97 Å². The number of carbonyl (C=O) groups excluding carboxylic acids is 2. The molecular formula is C17H14N2O4S. The third kappa shape index (κ3) is 2.98. The van der Waals surface area contributed by atoms with Crippen LogP contribution in [0.15, 0.2) is 35.1 Å². The molecule has 0 aliphatic carbocycles. The van der Waals surface area contributed by atoms with E-state index >= 15 is 0 Å². The van der Waals surface area contributed by atoms with Crippen molar-refractivity contribution in [3.05, 3.63) is 62.5 Å². The SMILES string of the molecule is Cc1nc2sc(C(=O)OCC(=O)c3ccccc3)c(C)c2c(=O)[nH]1. The summed E-state index contributed by atoms with van der Waals surface area (Å²) in [6.07, 6.45) is 0. The fraction of sp³-hybridized carbons (Fsp3) is 0.176. The van der Waals surface area contributed by atoms with Crippen molar-refractivity contribution >= 4 is 33.3 Å². The Bertz CT molecular complexity index is 989. The number of hydrogen-bond acceptors (Lipinski definition) is 6. The number of aryl methyl sites for hydroxylation is 2. The second-order valence-electron chi connectivity index (χ2n) is 5.25. The van der Waals surface area contributed by atoms with Crippen LogP contribution in [0.1, 0.15) is 31.4 Å². The number of ketones is 1. The lowest BCUT2D eigenvalue weighted by atomic mass is 10.1. The van der Waals surface area contributed by atoms with Crippen LogP contribution < -0.4 is 5.56 Å². The Kier molecular flexibility index (Phi) is 4.26. The van der Waals surface area contributed by atoms with E-state index in [4.69, 9.17) is 4.74 Å². The maximum Gasteiger partial charge on any atom is 0.349 e. The first-order chi connectivity index (χ1) is 11.5. The summed E-state index contributed by atoms with van der Waals surface area (Å²) in [5.41, 5.74) is 0.707. The quantitative estimate of drug-likeness (QED) is 0.581. The first-order valence-corrected chi connectivity index (χ1v) is 8.04. The van der Waals surface area contributed by atoms with E-state index in [1.54, 1.807) is 44.2 Å². The van der Waals surface area contributed by atoms with E-state index in [9.17, 15) is 14.4 Å². The van der Waals surface area contributed by atoms with Crippen LogP contribution in [0.5, 0.6) is 0 Å². The van der Waals surface area contributed by atoms with Crippen molar-refractivity contribution in [1.82, 2.24) is 9.97 Å². The number of nitrogens with one attached hydrogen (secondary N) is 1. The van der Waals surface area contributed by atoms with Crippen molar-refractivity contribution in [3.8, 4) is 0 Å². The molecule has 0 unspecified atom stereocenters. The van der Waals surface area contributed by atoms with Gasteiger partial charge in [0, 0.05) is 5.56 Å². The second-order valence-corrected chi connectivity index (χ2v) is 6.25. The summed E-state index contributed by atoms with van der Waals surface area (Å²) in [5, 5.41) is 0.381. The molecule has 0 bridgehead atoms. The second kappa shape index (κ2) is 6.37. The Morgan fingerprint density at radius 3 is 2.62 bits per heavy atom. The number of esters is 1. The number of carbonyl (C=O) groups is 2. The number of H-pyrrole nitrogens is 1. The molecule has 122 valence electrons. The van der Waals surface area contributed by atoms with E-state index in [1.807, 2.05) is 0 Å². The zero-order valence-electron chi connectivity index (χ0n) is 13.1. The summed E-state index contributed by atoms with van der Waals surface area (Å²) < 4.78 is 5.11. The van der Waals surface area contributed by atoms with E-state index in [1.165, 1.54) is 0 Å². The van der Waals surface area contributed by atoms with Crippen LogP contribution in [0.4, 0.5) is 0 Å². The summed E-state index contributed by atoms with van der Waals surface area (Å²) in [6, 6.07) is 8.60. The normalized spacial score (nSPS) is 10.8. The first kappa shape index (κ1) is 16.1. The van der Waals surface area contributed by atoms with Gasteiger partial charge < -0.3 is 9.72 Å². The molecule has 1 aromatic carbocycles. The minimum absolute atomic E-state index is 0.283. The summed E-state index contributed by atoms with van der Waals surface area (Å²) in [7, 11) is 0. The molecule has 7 heteroatoms. The van der Waals surface area contributed by atoms with Gasteiger partial charge in [0.1, 0.15) is 15.5 Å². The molecule has 0 aliphatic heterocycles. The molecule has 24 heavy (non-hydrogen) atoms. The highest BCUT2D eigenvalue weighted by atomic mass is 32.1. The van der Waals surface area contributed by atoms with E-state index in [-0.39, 0.29) is 22.8 Å². The molecule has 2 heterocycles. The van der Waals surface area contributed by atoms with Gasteiger partial charge in [-0.3, -0.25) is 9.59 Å². The highest BCUT2D eigenvalue weighted by molar-refractivity contribution is 7.20. The van der Waals surface area contributed by atoms with Crippen LogP contribution in [-0.2, 0) is 4.74 Å². The average molecular weight is 342 g/mol. The van der Waals surface area contributed by atoms with Gasteiger partial charge in [-0.15, -0.1) is 11.3 Å². The van der Waals surface area contributed by atoms with Crippen LogP contribution >= 0.6 is 11.3 Å². The maximum absolute atomic E-state index is 12.3. The first-order valence-electron chi connectivity index (χ1n) is 7.22. The molecule has 6 nitrogen and oxygen atoms in total. The molecule has 0 saturated heterocycles. The largest absolute Gasteiger partial charge is 0.453 e. The Morgan fingerprint density at radius 2 is 1.92 bits per heavy atom. The van der Waals surface area contributed by atoms with Crippen LogP contribution in [0, 0.1) is 13.8 Å². The van der Waals surface area contributed by atoms with Gasteiger partial charge in [-0.2, -0.15) is 0 Å². The molecule has 0 fully saturated rings. The van der Waals surface area contributed by atoms with Gasteiger partial charge in [0.05, 0.1) is 5.39 Å². The van der Waals surface area contributed by atoms with Crippen molar-refractivity contribution in [3.63, 3.8) is 0 Å². The summed E-state index contributed by atoms with van der Waals surface area (Å²) >= 11 is 1.09. The fourth-order valence-corrected chi connectivity index (χ4v) is 3.47. The number of thiophene rings is 1. The smallest absolute Gasteiger partial charge is 0.349 e. The van der Waals surface area contributed by atoms with E-state index in [0.29, 0.717) is 27.2 Å². The van der Waals surface area contributed by atoms with E-state index in [0.717, 1.165) is 11.3 Å². The number of aromatic nitrogens is 2. The van der Waals surface area contributed by atoms with Gasteiger partial charge in [0.25, 0.3) is 5.56 Å². The molecule has 0 atom stereocenters. The number of ether oxygens (including phenoxy) is 1. The minimum Gasteiger partial charge on any atom is -0.453 e. The molecule has 0 aliphatic rings. The van der Waals surface area contributed by atoms with Crippen molar-refractivity contribution in [1.29, 1.82) is 0 Å². The van der Waals surface area contributed by atoms with Crippen molar-refractivity contribution < 1.29 is 14.3 Å². The van der Waals surface area contributed by atoms with Crippen molar-refractivity contribution in [2.45, 2.75) is 13.8 Å². The number of rotatable bonds is 4. The molecule has 3 aromatic rings. The van der Waals surface area contributed by atoms with Crippen LogP contribution in [-0.4, -0.2) is 28.3 Å². The van der Waals surface area contributed by atoms with Crippen molar-refractivity contribution in [2.24, 2.45) is 0 Å². The fourth-order valence-electron chi connectivity index (χ4n) is 2.35. The zero-order valence-corrected chi connectivity index (χ0v) is 13.9. The molecule has 1 N–H and O–H groups in total. The molecule has 0 saturated carbocycles. The summed E-state index contributed by atoms with van der Waals surface area (Å²) in [4.78, 5) is 43.9. The van der Waals surface area contributed by atoms with Crippen LogP contribution in [0.25, 0.3) is 10.2 Å². The number of nitrogens with zero attached hydrogens (tertiary/aromatic N) is 1. The Morgan fingerprint density at radius 1 is 1.21 bits per heavy atom. The molecule has 0 spiro atoms. The summed E-state index contributed by atoms with van der Waals surface area (Å²) in [6.45, 7) is 2.99. The third-order valence-electron chi connectivity index (χ3n) is 3.53. The topological polar surface area (TPSA) is 89.1 Å². The molecule has 0 radical (unpaired) electrons. The zero-order chi connectivity index (χ0) is 17.3. The third-order valence-corrected chi connectivity index (χ3v) is 4.70. The van der Waals surface area contributed by atoms with Gasteiger partial charge in [0.2, 0.25) is 0 Å². The number of hydrogen-bond donors (Lipinski definition) is 1. The lowest BCUT2D eigenvalue weighted by Gasteiger charge is -2.03. The van der Waals surface area contributed by atoms with Gasteiger partial charge >= 0.3 is 5.97 Å². The highest BCUT2D eigenvalue weighted by Crippen LogP contribution is 2.27. The lowest BCUT2D eigenvalue weighted by Crippen LogP contribution is -2.14. The average Bonchev–Trinajstić information content (AvgIpc) is 2.90. The molecular weight excluding hydrogens is 328 g/mol. The predicted molar refractivity (Wildman–Crippen MR) is 90.8 cm³/mol. The number of aromatic amines is 1. The number of Topliss-reactive ketones (excluding diaryl/α,β-unsaturated/α-hetero) is 1. The van der Waals surface area contributed by atoms with Gasteiger partial charge in [-0.25, -0.2) is 9.78 Å². The standard InChI is InChI=1S/C17H14N2O4S/c1-9-13-15(21)18-10(2)19-16(13)24-14(9)17(22)23-8-12(20)11-6-4-3-5-7-11/h3-7H,8H2,1-2H3,(H,18,19,21). The van der Waals surface area contributed by atoms with Crippen molar-refractivity contribution in [2.75, 3.05) is 6.61 Å². The van der Waals surface area contributed by atoms with E-state index in [2.05, 4.69) is 9.97 Å². The minimum atomic E-state index is -0.628. The lowest BCUT2D eigenvalue weighted by molar-refractivity contribution is 0.0479. The maximum atomic E-state index is 12.3. The van der Waals surface area contributed by atoms with Gasteiger partial charge in [-0.05, 0) is 19.4 Å². The van der Waals surface area contributed by atoms with Crippen LogP contribution in [0.3, 0.4) is 0 Å². The molecule has 3 rings (SSSR count). The van der Waals surface area contributed by atoms with Gasteiger partial charge in [-0.1, -0.05) is 30.3 Å². The summed E-state index contributed by atoms with van der Waals surface area (Å²) in [5.74, 6) is -0.431. The Balaban J connectivity index is 1.82. The Hall–Kier alpha value is -2.80. The number of benzene rings is 1.